The molecule has 0 saturated heterocycles. The van der Waals surface area contributed by atoms with Crippen LogP contribution in [-0.4, -0.2) is 15.8 Å². The highest BCUT2D eigenvalue weighted by Gasteiger charge is 2.12. The van der Waals surface area contributed by atoms with E-state index in [2.05, 4.69) is 23.3 Å². The number of nitro groups is 1. The van der Waals surface area contributed by atoms with Gasteiger partial charge in [-0.25, -0.2) is 4.98 Å². The zero-order valence-electron chi connectivity index (χ0n) is 13.6. The monoisotopic (exact) mass is 353 g/mol. The molecule has 0 radical (unpaired) electrons. The second-order valence-corrected chi connectivity index (χ2v) is 6.45. The summed E-state index contributed by atoms with van der Waals surface area (Å²) in [5.41, 5.74) is 4.48. The number of rotatable bonds is 4. The zero-order valence-corrected chi connectivity index (χ0v) is 14.5. The normalized spacial score (nSPS) is 10.5. The van der Waals surface area contributed by atoms with Gasteiger partial charge in [-0.15, -0.1) is 11.3 Å². The molecule has 3 rings (SSSR count). The van der Waals surface area contributed by atoms with Crippen molar-refractivity contribution in [2.45, 2.75) is 13.8 Å². The molecule has 7 heteroatoms. The van der Waals surface area contributed by atoms with Crippen molar-refractivity contribution in [3.63, 3.8) is 0 Å². The molecule has 2 aromatic carbocycles. The molecule has 1 aromatic heterocycles. The molecule has 0 saturated carbocycles. The molecule has 0 aliphatic rings. The zero-order chi connectivity index (χ0) is 18.0. The Labute approximate surface area is 148 Å². The molecule has 1 heterocycles. The van der Waals surface area contributed by atoms with E-state index in [1.807, 2.05) is 24.4 Å². The molecule has 0 atom stereocenters. The van der Waals surface area contributed by atoms with Gasteiger partial charge in [0, 0.05) is 28.6 Å². The Hall–Kier alpha value is -3.06. The first-order valence-electron chi connectivity index (χ1n) is 7.53. The highest BCUT2D eigenvalue weighted by Crippen LogP contribution is 2.26. The maximum Gasteiger partial charge on any atom is 0.269 e. The van der Waals surface area contributed by atoms with Crippen LogP contribution < -0.4 is 5.32 Å². The third-order valence-electron chi connectivity index (χ3n) is 3.87. The van der Waals surface area contributed by atoms with Gasteiger partial charge in [-0.05, 0) is 43.2 Å². The van der Waals surface area contributed by atoms with Gasteiger partial charge in [-0.3, -0.25) is 20.2 Å². The number of nitrogens with zero attached hydrogens (tertiary/aromatic N) is 2. The number of amides is 1. The highest BCUT2D eigenvalue weighted by atomic mass is 32.1. The van der Waals surface area contributed by atoms with Crippen LogP contribution in [0.1, 0.15) is 21.5 Å². The lowest BCUT2D eigenvalue weighted by molar-refractivity contribution is -0.384. The smallest absolute Gasteiger partial charge is 0.269 e. The third-order valence-corrected chi connectivity index (χ3v) is 4.63. The minimum atomic E-state index is -0.502. The number of hydrogen-bond acceptors (Lipinski definition) is 5. The number of aryl methyl sites for hydroxylation is 2. The van der Waals surface area contributed by atoms with Gasteiger partial charge in [0.15, 0.2) is 5.13 Å². The summed E-state index contributed by atoms with van der Waals surface area (Å²) in [6.45, 7) is 4.10. The van der Waals surface area contributed by atoms with Crippen molar-refractivity contribution in [2.24, 2.45) is 0 Å². The predicted molar refractivity (Wildman–Crippen MR) is 98.1 cm³/mol. The lowest BCUT2D eigenvalue weighted by atomic mass is 10.1. The fourth-order valence-electron chi connectivity index (χ4n) is 2.27. The van der Waals surface area contributed by atoms with Crippen molar-refractivity contribution in [3.8, 4) is 11.3 Å². The number of benzene rings is 2. The second kappa shape index (κ2) is 6.82. The van der Waals surface area contributed by atoms with E-state index in [-0.39, 0.29) is 11.6 Å². The Balaban J connectivity index is 1.75. The van der Waals surface area contributed by atoms with Crippen LogP contribution in [0.2, 0.25) is 0 Å². The molecule has 1 amide bonds. The summed E-state index contributed by atoms with van der Waals surface area (Å²) < 4.78 is 0. The number of hydrogen-bond donors (Lipinski definition) is 1. The number of nitrogens with one attached hydrogen (secondary N) is 1. The first-order valence-corrected chi connectivity index (χ1v) is 8.41. The van der Waals surface area contributed by atoms with E-state index >= 15 is 0 Å². The van der Waals surface area contributed by atoms with Gasteiger partial charge in [-0.1, -0.05) is 12.1 Å². The molecule has 0 bridgehead atoms. The van der Waals surface area contributed by atoms with E-state index in [9.17, 15) is 14.9 Å². The molecule has 0 aliphatic heterocycles. The summed E-state index contributed by atoms with van der Waals surface area (Å²) in [5.74, 6) is -0.351. The SMILES string of the molecule is Cc1ccc(-c2csc(NC(=O)c3ccc([N+](=O)[O-])cc3)n2)cc1C. The van der Waals surface area contributed by atoms with Gasteiger partial charge in [0.25, 0.3) is 11.6 Å². The molecular formula is C18H15N3O3S. The van der Waals surface area contributed by atoms with Crippen molar-refractivity contribution >= 4 is 28.1 Å². The number of carbonyl (C=O) groups excluding carboxylic acids is 1. The Morgan fingerprint density at radius 1 is 1.12 bits per heavy atom. The molecule has 6 nitrogen and oxygen atoms in total. The third kappa shape index (κ3) is 3.72. The van der Waals surface area contributed by atoms with E-state index in [0.29, 0.717) is 10.7 Å². The van der Waals surface area contributed by atoms with Crippen LogP contribution in [-0.2, 0) is 0 Å². The van der Waals surface area contributed by atoms with Crippen LogP contribution >= 0.6 is 11.3 Å². The first kappa shape index (κ1) is 16.8. The Morgan fingerprint density at radius 2 is 1.84 bits per heavy atom. The summed E-state index contributed by atoms with van der Waals surface area (Å²) in [4.78, 5) is 26.8. The van der Waals surface area contributed by atoms with Crippen molar-refractivity contribution in [3.05, 3.63) is 74.6 Å². The van der Waals surface area contributed by atoms with E-state index in [1.54, 1.807) is 0 Å². The summed E-state index contributed by atoms with van der Waals surface area (Å²) >= 11 is 1.33. The maximum absolute atomic E-state index is 12.2. The first-order chi connectivity index (χ1) is 11.9. The molecule has 0 spiro atoms. The van der Waals surface area contributed by atoms with Gasteiger partial charge < -0.3 is 0 Å². The van der Waals surface area contributed by atoms with Gasteiger partial charge in [0.1, 0.15) is 0 Å². The van der Waals surface area contributed by atoms with Crippen molar-refractivity contribution in [1.29, 1.82) is 0 Å². The molecule has 1 N–H and O–H groups in total. The van der Waals surface area contributed by atoms with E-state index in [1.165, 1.54) is 46.7 Å². The van der Waals surface area contributed by atoms with Crippen LogP contribution in [0.5, 0.6) is 0 Å². The summed E-state index contributed by atoms with van der Waals surface area (Å²) in [6.07, 6.45) is 0. The van der Waals surface area contributed by atoms with Crippen molar-refractivity contribution < 1.29 is 9.72 Å². The molecule has 0 aliphatic carbocycles. The van der Waals surface area contributed by atoms with Crippen molar-refractivity contribution in [2.75, 3.05) is 5.32 Å². The van der Waals surface area contributed by atoms with E-state index < -0.39 is 4.92 Å². The summed E-state index contributed by atoms with van der Waals surface area (Å²) in [6, 6.07) is 11.6. The lowest BCUT2D eigenvalue weighted by Gasteiger charge is -2.03. The number of thiazole rings is 1. The molecule has 0 fully saturated rings. The quantitative estimate of drug-likeness (QED) is 0.549. The van der Waals surface area contributed by atoms with Crippen LogP contribution in [0, 0.1) is 24.0 Å². The number of aromatic nitrogens is 1. The highest BCUT2D eigenvalue weighted by molar-refractivity contribution is 7.14. The van der Waals surface area contributed by atoms with Gasteiger partial charge in [0.2, 0.25) is 0 Å². The Bertz CT molecular complexity index is 948. The molecule has 126 valence electrons. The largest absolute Gasteiger partial charge is 0.298 e. The topological polar surface area (TPSA) is 85.1 Å². The Kier molecular flexibility index (Phi) is 4.58. The Morgan fingerprint density at radius 3 is 2.48 bits per heavy atom. The predicted octanol–water partition coefficient (Wildman–Crippen LogP) is 4.59. The minimum absolute atomic E-state index is 0.0529. The number of nitro benzene ring substituents is 1. The second-order valence-electron chi connectivity index (χ2n) is 5.60. The minimum Gasteiger partial charge on any atom is -0.298 e. The summed E-state index contributed by atoms with van der Waals surface area (Å²) in [7, 11) is 0. The fraction of sp³-hybridized carbons (Fsp3) is 0.111. The van der Waals surface area contributed by atoms with Crippen LogP contribution in [0.25, 0.3) is 11.3 Å². The van der Waals surface area contributed by atoms with E-state index in [0.717, 1.165) is 11.3 Å². The van der Waals surface area contributed by atoms with Crippen molar-refractivity contribution in [1.82, 2.24) is 4.98 Å². The molecule has 25 heavy (non-hydrogen) atoms. The van der Waals surface area contributed by atoms with Gasteiger partial charge in [-0.2, -0.15) is 0 Å². The molecular weight excluding hydrogens is 338 g/mol. The average Bonchev–Trinajstić information content (AvgIpc) is 3.06. The van der Waals surface area contributed by atoms with E-state index in [4.69, 9.17) is 0 Å². The summed E-state index contributed by atoms with van der Waals surface area (Å²) in [5, 5.41) is 15.7. The van der Waals surface area contributed by atoms with Gasteiger partial charge in [0.05, 0.1) is 10.6 Å². The van der Waals surface area contributed by atoms with Crippen LogP contribution in [0.15, 0.2) is 47.8 Å². The molecule has 0 unspecified atom stereocenters. The van der Waals surface area contributed by atoms with Crippen LogP contribution in [0.3, 0.4) is 0 Å². The van der Waals surface area contributed by atoms with Gasteiger partial charge >= 0.3 is 0 Å². The number of anilines is 1. The fourth-order valence-corrected chi connectivity index (χ4v) is 2.98. The standard InChI is InChI=1S/C18H15N3O3S/c1-11-3-4-14(9-12(11)2)16-10-25-18(19-16)20-17(22)13-5-7-15(8-6-13)21(23)24/h3-10H,1-2H3,(H,19,20,22). The number of carbonyl (C=O) groups is 1. The lowest BCUT2D eigenvalue weighted by Crippen LogP contribution is -2.11. The maximum atomic E-state index is 12.2. The van der Waals surface area contributed by atoms with Crippen LogP contribution in [0.4, 0.5) is 10.8 Å². The average molecular weight is 353 g/mol. The molecule has 3 aromatic rings. The number of non-ortho nitro benzene ring substituents is 1.